The Hall–Kier alpha value is -2.97. The van der Waals surface area contributed by atoms with Gasteiger partial charge in [0.1, 0.15) is 18.0 Å². The minimum atomic E-state index is -0.484. The monoisotopic (exact) mass is 649 g/mol. The lowest BCUT2D eigenvalue weighted by Crippen LogP contribution is -2.48. The molecule has 1 aliphatic heterocycles. The normalized spacial score (nSPS) is 22.6. The van der Waals surface area contributed by atoms with E-state index in [4.69, 9.17) is 9.47 Å². The van der Waals surface area contributed by atoms with E-state index < -0.39 is 5.60 Å². The van der Waals surface area contributed by atoms with Crippen molar-refractivity contribution in [1.29, 1.82) is 0 Å². The summed E-state index contributed by atoms with van der Waals surface area (Å²) in [6.07, 6.45) is 8.37. The van der Waals surface area contributed by atoms with Crippen LogP contribution in [-0.2, 0) is 20.9 Å². The number of carbonyl (C=O) groups excluding carboxylic acids is 2. The summed E-state index contributed by atoms with van der Waals surface area (Å²) in [4.78, 5) is 33.2. The van der Waals surface area contributed by atoms with E-state index in [-0.39, 0.29) is 30.5 Å². The Kier molecular flexibility index (Phi) is 12.3. The molecular weight excluding hydrogens is 593 g/mol. The zero-order chi connectivity index (χ0) is 33.4. The molecule has 8 heteroatoms. The van der Waals surface area contributed by atoms with Gasteiger partial charge in [-0.05, 0) is 107 Å². The average molecular weight is 650 g/mol. The third-order valence-electron chi connectivity index (χ3n) is 10.3. The van der Waals surface area contributed by atoms with Crippen LogP contribution in [0.25, 0.3) is 0 Å². The fourth-order valence-electron chi connectivity index (χ4n) is 7.81. The molecule has 3 fully saturated rings. The van der Waals surface area contributed by atoms with Gasteiger partial charge in [-0.1, -0.05) is 55.8 Å². The fourth-order valence-corrected chi connectivity index (χ4v) is 7.81. The number of nitrogens with zero attached hydrogens (tertiary/aromatic N) is 3. The molecule has 2 aromatic carbocycles. The molecule has 2 aromatic rings. The maximum absolute atomic E-state index is 13.3. The Morgan fingerprint density at radius 3 is 2.26 bits per heavy atom. The van der Waals surface area contributed by atoms with Crippen LogP contribution in [-0.4, -0.2) is 83.7 Å². The van der Waals surface area contributed by atoms with Gasteiger partial charge in [0.25, 0.3) is 0 Å². The van der Waals surface area contributed by atoms with E-state index in [0.29, 0.717) is 36.9 Å². The van der Waals surface area contributed by atoms with Crippen LogP contribution in [0.2, 0.25) is 0 Å². The number of ether oxygens (including phenoxy) is 2. The largest absolute Gasteiger partial charge is 0.459 e. The highest BCUT2D eigenvalue weighted by Crippen LogP contribution is 2.43. The molecule has 0 N–H and O–H groups in total. The molecule has 0 radical (unpaired) electrons. The standard InChI is InChI=1S/C39H56FN3O4/c1-5-20-43(38(45)46-28-30-14-16-33(40)17-15-30)34-18-21-41(22-19-34)26-32-23-35(24-36(32)31-12-7-6-8-13-31)42(25-29-10-9-11-29)27-37(44)47-39(2,3)4/h6-8,12-17,29,32,34-36H,5,9-11,18-28H2,1-4H3. The van der Waals surface area contributed by atoms with Gasteiger partial charge in [-0.2, -0.15) is 0 Å². The van der Waals surface area contributed by atoms with Gasteiger partial charge in [-0.15, -0.1) is 0 Å². The molecule has 47 heavy (non-hydrogen) atoms. The highest BCUT2D eigenvalue weighted by molar-refractivity contribution is 5.72. The van der Waals surface area contributed by atoms with E-state index >= 15 is 0 Å². The number of hydrogen-bond donors (Lipinski definition) is 0. The van der Waals surface area contributed by atoms with Crippen molar-refractivity contribution < 1.29 is 23.5 Å². The van der Waals surface area contributed by atoms with Crippen molar-refractivity contribution in [3.8, 4) is 0 Å². The summed E-state index contributed by atoms with van der Waals surface area (Å²) in [5.74, 6) is 1.20. The smallest absolute Gasteiger partial charge is 0.410 e. The van der Waals surface area contributed by atoms with Gasteiger partial charge in [-0.3, -0.25) is 9.69 Å². The van der Waals surface area contributed by atoms with Gasteiger partial charge in [0, 0.05) is 44.8 Å². The van der Waals surface area contributed by atoms with Crippen molar-refractivity contribution in [2.45, 2.75) is 109 Å². The molecule has 3 atom stereocenters. The lowest BCUT2D eigenvalue weighted by molar-refractivity contribution is -0.157. The Balaban J connectivity index is 1.21. The molecule has 0 spiro atoms. The second-order valence-electron chi connectivity index (χ2n) is 15.1. The molecule has 0 bridgehead atoms. The number of halogens is 1. The number of amides is 1. The van der Waals surface area contributed by atoms with Crippen LogP contribution in [0.15, 0.2) is 54.6 Å². The lowest BCUT2D eigenvalue weighted by atomic mass is 9.84. The second-order valence-corrected chi connectivity index (χ2v) is 15.1. The van der Waals surface area contributed by atoms with Crippen LogP contribution in [0.4, 0.5) is 9.18 Å². The first kappa shape index (κ1) is 35.3. The maximum Gasteiger partial charge on any atom is 0.410 e. The number of likely N-dealkylation sites (tertiary alicyclic amines) is 1. The summed E-state index contributed by atoms with van der Waals surface area (Å²) < 4.78 is 24.8. The molecule has 3 unspecified atom stereocenters. The fraction of sp³-hybridized carbons (Fsp3) is 0.641. The molecule has 2 aliphatic carbocycles. The third kappa shape index (κ3) is 10.3. The highest BCUT2D eigenvalue weighted by atomic mass is 19.1. The quantitative estimate of drug-likeness (QED) is 0.208. The first-order chi connectivity index (χ1) is 22.6. The average Bonchev–Trinajstić information content (AvgIpc) is 3.44. The van der Waals surface area contributed by atoms with E-state index in [9.17, 15) is 14.0 Å². The predicted molar refractivity (Wildman–Crippen MR) is 183 cm³/mol. The van der Waals surface area contributed by atoms with E-state index in [1.807, 2.05) is 25.7 Å². The van der Waals surface area contributed by atoms with Crippen LogP contribution in [0, 0.1) is 17.7 Å². The number of rotatable bonds is 13. The van der Waals surface area contributed by atoms with E-state index in [2.05, 4.69) is 47.1 Å². The van der Waals surface area contributed by atoms with Crippen molar-refractivity contribution in [3.05, 3.63) is 71.5 Å². The molecule has 5 rings (SSSR count). The number of carbonyl (C=O) groups is 2. The van der Waals surface area contributed by atoms with Crippen LogP contribution >= 0.6 is 0 Å². The predicted octanol–water partition coefficient (Wildman–Crippen LogP) is 7.64. The molecule has 2 saturated carbocycles. The Bertz CT molecular complexity index is 1270. The molecule has 0 aromatic heterocycles. The zero-order valence-electron chi connectivity index (χ0n) is 29.0. The van der Waals surface area contributed by atoms with E-state index in [0.717, 1.165) is 63.8 Å². The van der Waals surface area contributed by atoms with Gasteiger partial charge in [-0.25, -0.2) is 9.18 Å². The summed E-state index contributed by atoms with van der Waals surface area (Å²) in [6, 6.07) is 17.5. The molecule has 1 amide bonds. The summed E-state index contributed by atoms with van der Waals surface area (Å²) in [6.45, 7) is 13.0. The van der Waals surface area contributed by atoms with Gasteiger partial charge in [0.2, 0.25) is 0 Å². The van der Waals surface area contributed by atoms with E-state index in [1.165, 1.54) is 37.0 Å². The highest BCUT2D eigenvalue weighted by Gasteiger charge is 2.41. The number of esters is 1. The van der Waals surface area contributed by atoms with Gasteiger partial charge < -0.3 is 19.3 Å². The van der Waals surface area contributed by atoms with Crippen molar-refractivity contribution in [2.75, 3.05) is 39.3 Å². The minimum Gasteiger partial charge on any atom is -0.459 e. The Morgan fingerprint density at radius 1 is 0.936 bits per heavy atom. The number of benzene rings is 2. The van der Waals surface area contributed by atoms with Crippen molar-refractivity contribution >= 4 is 12.1 Å². The van der Waals surface area contributed by atoms with Crippen LogP contribution < -0.4 is 0 Å². The number of piperidine rings is 1. The number of hydrogen-bond acceptors (Lipinski definition) is 6. The molecule has 1 saturated heterocycles. The van der Waals surface area contributed by atoms with E-state index in [1.54, 1.807) is 12.1 Å². The van der Waals surface area contributed by atoms with Crippen LogP contribution in [0.1, 0.15) is 96.1 Å². The first-order valence-corrected chi connectivity index (χ1v) is 18.0. The van der Waals surface area contributed by atoms with Crippen molar-refractivity contribution in [1.82, 2.24) is 14.7 Å². The van der Waals surface area contributed by atoms with Gasteiger partial charge in [0.15, 0.2) is 0 Å². The second kappa shape index (κ2) is 16.4. The SMILES string of the molecule is CCCN(C(=O)OCc1ccc(F)cc1)C1CCN(CC2CC(N(CC(=O)OC(C)(C)C)CC3CCC3)CC2c2ccccc2)CC1. The summed E-state index contributed by atoms with van der Waals surface area (Å²) in [7, 11) is 0. The molecule has 7 nitrogen and oxygen atoms in total. The van der Waals surface area contributed by atoms with Crippen LogP contribution in [0.3, 0.4) is 0 Å². The van der Waals surface area contributed by atoms with Crippen LogP contribution in [0.5, 0.6) is 0 Å². The van der Waals surface area contributed by atoms with Crippen molar-refractivity contribution in [2.24, 2.45) is 11.8 Å². The summed E-state index contributed by atoms with van der Waals surface area (Å²) >= 11 is 0. The lowest BCUT2D eigenvalue weighted by Gasteiger charge is -2.39. The Labute approximate surface area is 281 Å². The first-order valence-electron chi connectivity index (χ1n) is 18.0. The molecule has 1 heterocycles. The Morgan fingerprint density at radius 2 is 1.64 bits per heavy atom. The third-order valence-corrected chi connectivity index (χ3v) is 10.3. The molecule has 258 valence electrons. The van der Waals surface area contributed by atoms with Crippen molar-refractivity contribution in [3.63, 3.8) is 0 Å². The molecule has 3 aliphatic rings. The molecular formula is C39H56FN3O4. The zero-order valence-corrected chi connectivity index (χ0v) is 29.0. The minimum absolute atomic E-state index is 0.119. The van der Waals surface area contributed by atoms with Gasteiger partial charge in [0.05, 0.1) is 6.54 Å². The summed E-state index contributed by atoms with van der Waals surface area (Å²) in [5, 5.41) is 0. The van der Waals surface area contributed by atoms with Gasteiger partial charge >= 0.3 is 12.1 Å². The maximum atomic E-state index is 13.3. The summed E-state index contributed by atoms with van der Waals surface area (Å²) in [5.41, 5.74) is 1.70. The topological polar surface area (TPSA) is 62.3 Å².